The number of aromatic nitrogens is 2. The standard InChI is InChI=1S/C19H18N4O3.C18H16ClN3O2.CH4/c1-23-8-7-19(26,18(23)25)6-5-12-3-2-4-13(9-12)15-10-14(20)11-16(22-15)17(21)24;1-22-8-7-18(24,17(22)23)6-5-12-3-2-4-13(9-12)15-10-14(20)11-16(19)21-15;/h2-4,9-11,26H,7-8H2,1H3,(H2,20,22)(H2,21,24);2-4,9-11,24H,7-8H2,1H3,(H2,20,21);1H4/t19-;18-;/m00./s1. The first-order valence-electron chi connectivity index (χ1n) is 15.4. The molecule has 4 aromatic rings. The van der Waals surface area contributed by atoms with Crippen molar-refractivity contribution in [2.24, 2.45) is 5.73 Å². The summed E-state index contributed by atoms with van der Waals surface area (Å²) in [5.41, 5.74) is 18.5. The molecule has 2 aliphatic heterocycles. The fraction of sp³-hybridized carbons (Fsp3) is 0.237. The molecule has 2 aromatic carbocycles. The molecule has 0 spiro atoms. The fourth-order valence-electron chi connectivity index (χ4n) is 5.29. The number of anilines is 2. The van der Waals surface area contributed by atoms with E-state index in [9.17, 15) is 24.6 Å². The summed E-state index contributed by atoms with van der Waals surface area (Å²) in [5, 5.41) is 21.0. The molecule has 2 aliphatic rings. The van der Waals surface area contributed by atoms with Crippen LogP contribution in [0, 0.1) is 23.7 Å². The smallest absolute Gasteiger partial charge is 0.267 e. The molecule has 3 amide bonds. The lowest BCUT2D eigenvalue weighted by Crippen LogP contribution is -2.37. The van der Waals surface area contributed by atoms with Crippen LogP contribution in [0.1, 0.15) is 41.9 Å². The predicted octanol–water partition coefficient (Wildman–Crippen LogP) is 2.94. The van der Waals surface area contributed by atoms with Gasteiger partial charge in [0.25, 0.3) is 17.7 Å². The molecule has 0 unspecified atom stereocenters. The summed E-state index contributed by atoms with van der Waals surface area (Å²) in [4.78, 5) is 46.7. The summed E-state index contributed by atoms with van der Waals surface area (Å²) in [5.74, 6) is 9.66. The molecule has 6 rings (SSSR count). The van der Waals surface area contributed by atoms with Crippen LogP contribution in [0.15, 0.2) is 72.8 Å². The Morgan fingerprint density at radius 3 is 1.63 bits per heavy atom. The average Bonchev–Trinajstić information content (AvgIpc) is 3.50. The number of pyridine rings is 2. The molecule has 12 nitrogen and oxygen atoms in total. The van der Waals surface area contributed by atoms with Gasteiger partial charge in [-0.25, -0.2) is 9.97 Å². The predicted molar refractivity (Wildman–Crippen MR) is 197 cm³/mol. The third-order valence-corrected chi connectivity index (χ3v) is 8.27. The van der Waals surface area contributed by atoms with E-state index in [0.717, 1.165) is 5.56 Å². The summed E-state index contributed by atoms with van der Waals surface area (Å²) in [6.07, 6.45) is 0.579. The minimum absolute atomic E-state index is 0. The van der Waals surface area contributed by atoms with Gasteiger partial charge in [0.15, 0.2) is 0 Å². The van der Waals surface area contributed by atoms with E-state index in [4.69, 9.17) is 28.8 Å². The zero-order chi connectivity index (χ0) is 36.2. The van der Waals surface area contributed by atoms with Crippen LogP contribution in [-0.2, 0) is 9.59 Å². The van der Waals surface area contributed by atoms with Crippen molar-refractivity contribution in [3.05, 3.63) is 94.8 Å². The maximum absolute atomic E-state index is 12.0. The Balaban J connectivity index is 0.000000225. The van der Waals surface area contributed by atoms with E-state index in [2.05, 4.69) is 33.6 Å². The van der Waals surface area contributed by atoms with Gasteiger partial charge in [0, 0.05) is 73.7 Å². The van der Waals surface area contributed by atoms with Crippen molar-refractivity contribution in [2.75, 3.05) is 38.7 Å². The lowest BCUT2D eigenvalue weighted by atomic mass is 10.0. The number of amides is 3. The molecule has 4 heterocycles. The molecule has 2 fully saturated rings. The summed E-state index contributed by atoms with van der Waals surface area (Å²) in [7, 11) is 3.28. The highest BCUT2D eigenvalue weighted by molar-refractivity contribution is 6.29. The van der Waals surface area contributed by atoms with Crippen LogP contribution in [0.25, 0.3) is 22.5 Å². The number of benzene rings is 2. The minimum Gasteiger partial charge on any atom is -0.399 e. The second-order valence-corrected chi connectivity index (χ2v) is 12.4. The molecule has 0 radical (unpaired) electrons. The van der Waals surface area contributed by atoms with E-state index in [1.165, 1.54) is 15.9 Å². The Labute approximate surface area is 301 Å². The Hall–Kier alpha value is -5.92. The lowest BCUT2D eigenvalue weighted by molar-refractivity contribution is -0.138. The van der Waals surface area contributed by atoms with Crippen LogP contribution in [0.2, 0.25) is 5.15 Å². The Morgan fingerprint density at radius 2 is 1.22 bits per heavy atom. The largest absolute Gasteiger partial charge is 0.399 e. The number of hydrogen-bond acceptors (Lipinski definition) is 9. The summed E-state index contributed by atoms with van der Waals surface area (Å²) in [6, 6.07) is 20.7. The van der Waals surface area contributed by atoms with Crippen LogP contribution in [0.5, 0.6) is 0 Å². The third kappa shape index (κ3) is 8.82. The Morgan fingerprint density at radius 1 is 0.765 bits per heavy atom. The molecule has 8 N–H and O–H groups in total. The van der Waals surface area contributed by atoms with E-state index >= 15 is 0 Å². The molecule has 2 atom stereocenters. The molecule has 0 saturated carbocycles. The lowest BCUT2D eigenvalue weighted by Gasteiger charge is -2.13. The van der Waals surface area contributed by atoms with Crippen LogP contribution in [0.4, 0.5) is 11.4 Å². The van der Waals surface area contributed by atoms with Gasteiger partial charge in [-0.2, -0.15) is 0 Å². The van der Waals surface area contributed by atoms with Crippen molar-refractivity contribution < 1.29 is 24.6 Å². The van der Waals surface area contributed by atoms with Gasteiger partial charge in [-0.05, 0) is 48.5 Å². The number of nitrogens with two attached hydrogens (primary N) is 3. The first-order valence-corrected chi connectivity index (χ1v) is 15.8. The van der Waals surface area contributed by atoms with Crippen LogP contribution in [0.3, 0.4) is 0 Å². The SMILES string of the molecule is C.CN1CC[C@@](O)(C#Cc2cccc(-c3cc(N)cc(C(N)=O)n3)c2)C1=O.CN1CC[C@@](O)(C#Cc2cccc(-c3cc(N)cc(Cl)n3)c2)C1=O. The maximum Gasteiger partial charge on any atom is 0.267 e. The van der Waals surface area contributed by atoms with E-state index in [0.29, 0.717) is 64.1 Å². The molecule has 2 saturated heterocycles. The van der Waals surface area contributed by atoms with Crippen molar-refractivity contribution in [1.82, 2.24) is 19.8 Å². The van der Waals surface area contributed by atoms with Gasteiger partial charge in [0.1, 0.15) is 10.8 Å². The first kappa shape index (κ1) is 37.9. The molecular formula is C38H38ClN7O5. The number of primary amides is 1. The number of halogens is 1. The number of likely N-dealkylation sites (tertiary alicyclic amines) is 2. The van der Waals surface area contributed by atoms with Gasteiger partial charge in [-0.15, -0.1) is 0 Å². The number of carbonyl (C=O) groups is 3. The summed E-state index contributed by atoms with van der Waals surface area (Å²) in [6.45, 7) is 0.961. The van der Waals surface area contributed by atoms with Gasteiger partial charge < -0.3 is 37.2 Å². The molecule has 51 heavy (non-hydrogen) atoms. The molecular weight excluding hydrogens is 670 g/mol. The molecule has 0 aliphatic carbocycles. The van der Waals surface area contributed by atoms with Crippen molar-refractivity contribution >= 4 is 40.7 Å². The monoisotopic (exact) mass is 707 g/mol. The van der Waals surface area contributed by atoms with Crippen molar-refractivity contribution in [2.45, 2.75) is 31.5 Å². The fourth-order valence-corrected chi connectivity index (χ4v) is 5.51. The van der Waals surface area contributed by atoms with Crippen molar-refractivity contribution in [1.29, 1.82) is 0 Å². The second kappa shape index (κ2) is 15.3. The minimum atomic E-state index is -1.65. The number of nitrogen functional groups attached to an aromatic ring is 2. The molecule has 13 heteroatoms. The number of carbonyl (C=O) groups excluding carboxylic acids is 3. The van der Waals surface area contributed by atoms with Crippen LogP contribution in [-0.4, -0.2) is 86.1 Å². The van der Waals surface area contributed by atoms with Gasteiger partial charge in [0.2, 0.25) is 11.2 Å². The zero-order valence-electron chi connectivity index (χ0n) is 27.3. The maximum atomic E-state index is 12.0. The van der Waals surface area contributed by atoms with Crippen molar-refractivity contribution in [3.8, 4) is 46.2 Å². The van der Waals surface area contributed by atoms with Gasteiger partial charge in [-0.3, -0.25) is 14.4 Å². The highest BCUT2D eigenvalue weighted by Crippen LogP contribution is 2.25. The molecule has 2 aromatic heterocycles. The highest BCUT2D eigenvalue weighted by atomic mass is 35.5. The Bertz CT molecular complexity index is 2120. The summed E-state index contributed by atoms with van der Waals surface area (Å²) < 4.78 is 0. The van der Waals surface area contributed by atoms with Crippen molar-refractivity contribution in [3.63, 3.8) is 0 Å². The average molecular weight is 708 g/mol. The quantitative estimate of drug-likeness (QED) is 0.157. The van der Waals surface area contributed by atoms with E-state index in [1.54, 1.807) is 62.6 Å². The summed E-state index contributed by atoms with van der Waals surface area (Å²) >= 11 is 5.94. The topological polar surface area (TPSA) is 202 Å². The number of likely N-dealkylation sites (N-methyl/N-ethyl adjacent to an activating group) is 2. The number of nitrogens with zero attached hydrogens (tertiary/aromatic N) is 4. The second-order valence-electron chi connectivity index (χ2n) is 12.0. The van der Waals surface area contributed by atoms with Gasteiger partial charge >= 0.3 is 0 Å². The zero-order valence-corrected chi connectivity index (χ0v) is 28.0. The normalized spacial score (nSPS) is 19.2. The number of aliphatic hydroxyl groups is 2. The van der Waals surface area contributed by atoms with Crippen LogP contribution >= 0.6 is 11.6 Å². The number of hydrogen-bond donors (Lipinski definition) is 5. The van der Waals surface area contributed by atoms with Gasteiger partial charge in [-0.1, -0.05) is 67.0 Å². The first-order chi connectivity index (χ1) is 23.7. The van der Waals surface area contributed by atoms with E-state index in [-0.39, 0.29) is 25.4 Å². The van der Waals surface area contributed by atoms with Crippen LogP contribution < -0.4 is 17.2 Å². The Kier molecular flexibility index (Phi) is 11.4. The van der Waals surface area contributed by atoms with Gasteiger partial charge in [0.05, 0.1) is 11.4 Å². The van der Waals surface area contributed by atoms with E-state index < -0.39 is 23.0 Å². The molecule has 0 bridgehead atoms. The number of rotatable bonds is 3. The van der Waals surface area contributed by atoms with E-state index in [1.807, 2.05) is 18.2 Å². The molecule has 262 valence electrons. The third-order valence-electron chi connectivity index (χ3n) is 8.08. The highest BCUT2D eigenvalue weighted by Gasteiger charge is 2.43.